The van der Waals surface area contributed by atoms with Gasteiger partial charge in [-0.15, -0.1) is 0 Å². The Morgan fingerprint density at radius 2 is 1.80 bits per heavy atom. The SMILES string of the molecule is CC(C)n1cc[n+](C(C)C)c1.CC(N)=O. The van der Waals surface area contributed by atoms with Gasteiger partial charge in [0.25, 0.3) is 0 Å². The lowest BCUT2D eigenvalue weighted by atomic mass is 10.4. The van der Waals surface area contributed by atoms with Crippen LogP contribution in [0.15, 0.2) is 18.7 Å². The molecule has 0 fully saturated rings. The van der Waals surface area contributed by atoms with Crippen molar-refractivity contribution in [3.8, 4) is 0 Å². The van der Waals surface area contributed by atoms with E-state index in [0.29, 0.717) is 12.1 Å². The molecule has 0 atom stereocenters. The van der Waals surface area contributed by atoms with Crippen LogP contribution in [-0.4, -0.2) is 10.5 Å². The topological polar surface area (TPSA) is 51.9 Å². The molecule has 2 N–H and O–H groups in total. The molecule has 4 nitrogen and oxygen atoms in total. The highest BCUT2D eigenvalue weighted by molar-refractivity contribution is 5.70. The minimum Gasteiger partial charge on any atom is -0.370 e. The summed E-state index contributed by atoms with van der Waals surface area (Å²) in [5.74, 6) is -0.333. The van der Waals surface area contributed by atoms with Gasteiger partial charge in [-0.1, -0.05) is 0 Å². The Labute approximate surface area is 91.7 Å². The molecule has 0 bridgehead atoms. The molecule has 0 saturated heterocycles. The van der Waals surface area contributed by atoms with Crippen LogP contribution in [0.25, 0.3) is 0 Å². The molecular weight excluding hydrogens is 190 g/mol. The molecule has 1 aromatic heterocycles. The molecule has 1 amide bonds. The number of nitrogens with two attached hydrogens (primary N) is 1. The summed E-state index contributed by atoms with van der Waals surface area (Å²) < 4.78 is 4.42. The van der Waals surface area contributed by atoms with Crippen molar-refractivity contribution in [2.45, 2.75) is 46.7 Å². The summed E-state index contributed by atoms with van der Waals surface area (Å²) in [5.41, 5.74) is 4.47. The molecule has 15 heavy (non-hydrogen) atoms. The third kappa shape index (κ3) is 5.88. The van der Waals surface area contributed by atoms with Crippen molar-refractivity contribution in [2.75, 3.05) is 0 Å². The second kappa shape index (κ2) is 6.22. The predicted molar refractivity (Wildman–Crippen MR) is 60.3 cm³/mol. The molecule has 0 aliphatic rings. The number of amides is 1. The van der Waals surface area contributed by atoms with E-state index >= 15 is 0 Å². The Kier molecular flexibility index (Phi) is 5.67. The van der Waals surface area contributed by atoms with Crippen LogP contribution in [0.2, 0.25) is 0 Å². The van der Waals surface area contributed by atoms with E-state index in [9.17, 15) is 4.79 Å². The van der Waals surface area contributed by atoms with Crippen molar-refractivity contribution in [3.63, 3.8) is 0 Å². The molecular formula is C11H22N3O+. The lowest BCUT2D eigenvalue weighted by molar-refractivity contribution is -0.715. The predicted octanol–water partition coefficient (Wildman–Crippen LogP) is 1.43. The third-order valence-corrected chi connectivity index (χ3v) is 1.87. The maximum Gasteiger partial charge on any atom is 0.244 e. The lowest BCUT2D eigenvalue weighted by Crippen LogP contribution is -2.33. The second-order valence-corrected chi connectivity index (χ2v) is 4.11. The summed E-state index contributed by atoms with van der Waals surface area (Å²) in [6.07, 6.45) is 6.38. The highest BCUT2D eigenvalue weighted by atomic mass is 16.1. The molecule has 0 aliphatic carbocycles. The first-order valence-electron chi connectivity index (χ1n) is 5.18. The van der Waals surface area contributed by atoms with Crippen LogP contribution in [0.3, 0.4) is 0 Å². The van der Waals surface area contributed by atoms with Crippen LogP contribution >= 0.6 is 0 Å². The highest BCUT2D eigenvalue weighted by Crippen LogP contribution is 2.01. The van der Waals surface area contributed by atoms with Crippen molar-refractivity contribution in [3.05, 3.63) is 18.7 Å². The zero-order chi connectivity index (χ0) is 12.0. The van der Waals surface area contributed by atoms with E-state index in [1.54, 1.807) is 0 Å². The molecule has 0 saturated carbocycles. The number of primary amides is 1. The lowest BCUT2D eigenvalue weighted by Gasteiger charge is -1.99. The van der Waals surface area contributed by atoms with Gasteiger partial charge in [-0.05, 0) is 27.7 Å². The van der Waals surface area contributed by atoms with E-state index in [-0.39, 0.29) is 5.91 Å². The molecule has 1 rings (SSSR count). The summed E-state index contributed by atoms with van der Waals surface area (Å²) in [6.45, 7) is 10.0. The number of hydrogen-bond acceptors (Lipinski definition) is 1. The van der Waals surface area contributed by atoms with E-state index in [1.165, 1.54) is 6.92 Å². The van der Waals surface area contributed by atoms with Crippen molar-refractivity contribution in [2.24, 2.45) is 5.73 Å². The molecule has 86 valence electrons. The van der Waals surface area contributed by atoms with Gasteiger partial charge in [0.1, 0.15) is 12.4 Å². The van der Waals surface area contributed by atoms with E-state index in [1.807, 2.05) is 0 Å². The maximum atomic E-state index is 9.22. The van der Waals surface area contributed by atoms with Crippen LogP contribution in [0.1, 0.15) is 46.7 Å². The first kappa shape index (κ1) is 13.7. The largest absolute Gasteiger partial charge is 0.370 e. The second-order valence-electron chi connectivity index (χ2n) is 4.11. The van der Waals surface area contributed by atoms with Gasteiger partial charge in [0, 0.05) is 6.92 Å². The smallest absolute Gasteiger partial charge is 0.244 e. The normalized spacial score (nSPS) is 10.1. The van der Waals surface area contributed by atoms with Crippen molar-refractivity contribution >= 4 is 5.91 Å². The molecule has 1 heterocycles. The monoisotopic (exact) mass is 212 g/mol. The fourth-order valence-corrected chi connectivity index (χ4v) is 0.996. The first-order valence-corrected chi connectivity index (χ1v) is 5.18. The van der Waals surface area contributed by atoms with Crippen molar-refractivity contribution in [1.82, 2.24) is 4.57 Å². The molecule has 0 aromatic carbocycles. The average Bonchev–Trinajstić information content (AvgIpc) is 2.49. The van der Waals surface area contributed by atoms with Crippen molar-refractivity contribution < 1.29 is 9.36 Å². The van der Waals surface area contributed by atoms with Crippen LogP contribution in [0, 0.1) is 0 Å². The number of nitrogens with zero attached hydrogens (tertiary/aromatic N) is 2. The van der Waals surface area contributed by atoms with Crippen LogP contribution in [0.5, 0.6) is 0 Å². The Morgan fingerprint density at radius 3 is 2.00 bits per heavy atom. The molecule has 0 aliphatic heterocycles. The molecule has 4 heteroatoms. The fourth-order valence-electron chi connectivity index (χ4n) is 0.996. The number of hydrogen-bond donors (Lipinski definition) is 1. The molecule has 0 spiro atoms. The van der Waals surface area contributed by atoms with Crippen LogP contribution < -0.4 is 10.3 Å². The molecule has 0 radical (unpaired) electrons. The first-order chi connectivity index (χ1) is 6.84. The summed E-state index contributed by atoms with van der Waals surface area (Å²) in [7, 11) is 0. The summed E-state index contributed by atoms with van der Waals surface area (Å²) in [6, 6.07) is 1.13. The standard InChI is InChI=1S/C9H17N2.C2H5NO/c1-8(2)10-5-6-11(7-10)9(3)4;1-2(3)4/h5-9H,1-4H3;1H3,(H2,3,4)/q+1;. The third-order valence-electron chi connectivity index (χ3n) is 1.87. The Hall–Kier alpha value is -1.32. The fraction of sp³-hybridized carbons (Fsp3) is 0.636. The van der Waals surface area contributed by atoms with Gasteiger partial charge in [0.15, 0.2) is 0 Å². The Balaban J connectivity index is 0.000000423. The summed E-state index contributed by atoms with van der Waals surface area (Å²) in [5, 5.41) is 0. The van der Waals surface area contributed by atoms with Gasteiger partial charge in [0.05, 0.1) is 12.1 Å². The number of rotatable bonds is 2. The zero-order valence-electron chi connectivity index (χ0n) is 10.3. The van der Waals surface area contributed by atoms with E-state index in [0.717, 1.165) is 0 Å². The highest BCUT2D eigenvalue weighted by Gasteiger charge is 2.08. The number of carbonyl (C=O) groups is 1. The van der Waals surface area contributed by atoms with Crippen LogP contribution in [-0.2, 0) is 4.79 Å². The minimum atomic E-state index is -0.333. The van der Waals surface area contributed by atoms with Crippen LogP contribution in [0.4, 0.5) is 0 Å². The summed E-state index contributed by atoms with van der Waals surface area (Å²) in [4.78, 5) is 9.22. The van der Waals surface area contributed by atoms with Gasteiger partial charge in [-0.3, -0.25) is 4.79 Å². The zero-order valence-corrected chi connectivity index (χ0v) is 10.3. The number of imidazole rings is 1. The van der Waals surface area contributed by atoms with Gasteiger partial charge < -0.3 is 5.73 Å². The molecule has 0 unspecified atom stereocenters. The minimum absolute atomic E-state index is 0.333. The van der Waals surface area contributed by atoms with Crippen molar-refractivity contribution in [1.29, 1.82) is 0 Å². The number of aromatic nitrogens is 2. The van der Waals surface area contributed by atoms with E-state index < -0.39 is 0 Å². The Bertz CT molecular complexity index is 276. The summed E-state index contributed by atoms with van der Waals surface area (Å²) >= 11 is 0. The van der Waals surface area contributed by atoms with Gasteiger partial charge in [-0.2, -0.15) is 0 Å². The quantitative estimate of drug-likeness (QED) is 0.741. The van der Waals surface area contributed by atoms with Gasteiger partial charge >= 0.3 is 0 Å². The molecule has 1 aromatic rings. The van der Waals surface area contributed by atoms with Gasteiger partial charge in [-0.25, -0.2) is 9.13 Å². The van der Waals surface area contributed by atoms with E-state index in [2.05, 4.69) is 61.3 Å². The maximum absolute atomic E-state index is 9.22. The number of carbonyl (C=O) groups excluding carboxylic acids is 1. The van der Waals surface area contributed by atoms with Gasteiger partial charge in [0.2, 0.25) is 12.2 Å². The van der Waals surface area contributed by atoms with E-state index in [4.69, 9.17) is 0 Å². The Morgan fingerprint density at radius 1 is 1.33 bits per heavy atom. The average molecular weight is 212 g/mol.